The number of rotatable bonds is 11. The van der Waals surface area contributed by atoms with Gasteiger partial charge in [-0.1, -0.05) is 66.7 Å². The molecule has 0 amide bonds. The molecular formula is C30H31FN3O9P. The summed E-state index contributed by atoms with van der Waals surface area (Å²) >= 11 is 0. The molecular weight excluding hydrogens is 596 g/mol. The largest absolute Gasteiger partial charge is 0.460 e. The zero-order valence-electron chi connectivity index (χ0n) is 25.6. The average molecular weight is 630 g/mol. The predicted molar refractivity (Wildman–Crippen MR) is 158 cm³/mol. The summed E-state index contributed by atoms with van der Waals surface area (Å²) in [6, 6.07) is 18.8. The van der Waals surface area contributed by atoms with Gasteiger partial charge >= 0.3 is 19.4 Å². The molecule has 5 rings (SSSR count). The summed E-state index contributed by atoms with van der Waals surface area (Å²) in [5, 5.41) is 14.7. The van der Waals surface area contributed by atoms with E-state index in [4.69, 9.17) is 21.3 Å². The van der Waals surface area contributed by atoms with Crippen LogP contribution in [0.5, 0.6) is 5.75 Å². The van der Waals surface area contributed by atoms with Crippen LogP contribution in [0.4, 0.5) is 4.39 Å². The first-order valence-electron chi connectivity index (χ1n) is 14.6. The molecule has 1 aliphatic rings. The van der Waals surface area contributed by atoms with Gasteiger partial charge in [-0.25, -0.2) is 13.8 Å². The molecule has 0 spiro atoms. The molecule has 3 aromatic carbocycles. The SMILES string of the molecule is [2H]c1c([2H])n([C@@H]2O[C@H](COP(=O)(NC(C)C(=O)OCc3ccccc3)Oc3cccc4ccccc34)[C@@H](O)[C@@]2(C)F)c(=O)[nH]c1=O. The van der Waals surface area contributed by atoms with E-state index in [1.807, 2.05) is 11.1 Å². The maximum atomic E-state index is 15.9. The Labute approximate surface area is 253 Å². The molecule has 2 unspecified atom stereocenters. The third-order valence-electron chi connectivity index (χ3n) is 6.99. The number of esters is 1. The summed E-state index contributed by atoms with van der Waals surface area (Å²) in [5.41, 5.74) is -4.40. The maximum Gasteiger partial charge on any atom is 0.459 e. The normalized spacial score (nSPS) is 24.2. The highest BCUT2D eigenvalue weighted by Crippen LogP contribution is 2.48. The van der Waals surface area contributed by atoms with Gasteiger partial charge in [0.1, 0.15) is 30.6 Å². The molecule has 1 saturated heterocycles. The number of hydrogen-bond acceptors (Lipinski definition) is 9. The number of aromatic nitrogens is 2. The third kappa shape index (κ3) is 6.82. The number of halogens is 1. The molecule has 1 aromatic heterocycles. The quantitative estimate of drug-likeness (QED) is 0.165. The smallest absolute Gasteiger partial charge is 0.459 e. The van der Waals surface area contributed by atoms with E-state index >= 15 is 4.39 Å². The van der Waals surface area contributed by atoms with Crippen molar-refractivity contribution in [2.24, 2.45) is 0 Å². The van der Waals surface area contributed by atoms with Crippen LogP contribution in [0.2, 0.25) is 0 Å². The van der Waals surface area contributed by atoms with Crippen LogP contribution in [0, 0.1) is 0 Å². The van der Waals surface area contributed by atoms with E-state index in [1.165, 1.54) is 13.0 Å². The molecule has 0 radical (unpaired) electrons. The molecule has 44 heavy (non-hydrogen) atoms. The highest BCUT2D eigenvalue weighted by atomic mass is 31.2. The first-order valence-corrected chi connectivity index (χ1v) is 15.1. The second kappa shape index (κ2) is 12.8. The lowest BCUT2D eigenvalue weighted by atomic mass is 9.98. The molecule has 0 bridgehead atoms. The van der Waals surface area contributed by atoms with Crippen LogP contribution in [-0.4, -0.2) is 51.2 Å². The molecule has 2 heterocycles. The Morgan fingerprint density at radius 3 is 2.66 bits per heavy atom. The Morgan fingerprint density at radius 2 is 1.89 bits per heavy atom. The van der Waals surface area contributed by atoms with Gasteiger partial charge in [0.15, 0.2) is 11.9 Å². The van der Waals surface area contributed by atoms with Gasteiger partial charge in [0.05, 0.1) is 9.35 Å². The van der Waals surface area contributed by atoms with Crippen molar-refractivity contribution in [1.82, 2.24) is 14.6 Å². The summed E-state index contributed by atoms with van der Waals surface area (Å²) in [6.07, 6.45) is -6.48. The van der Waals surface area contributed by atoms with Gasteiger partial charge in [0, 0.05) is 17.6 Å². The summed E-state index contributed by atoms with van der Waals surface area (Å²) in [7, 11) is -4.54. The van der Waals surface area contributed by atoms with Gasteiger partial charge in [-0.05, 0) is 30.9 Å². The number of benzene rings is 3. The van der Waals surface area contributed by atoms with Gasteiger partial charge in [-0.2, -0.15) is 5.09 Å². The Kier molecular flexibility index (Phi) is 8.36. The van der Waals surface area contributed by atoms with Crippen LogP contribution in [0.3, 0.4) is 0 Å². The molecule has 0 saturated carbocycles. The van der Waals surface area contributed by atoms with E-state index in [0.717, 1.165) is 17.9 Å². The fraction of sp³-hybridized carbons (Fsp3) is 0.300. The van der Waals surface area contributed by atoms with Crippen molar-refractivity contribution < 1.29 is 40.1 Å². The predicted octanol–water partition coefficient (Wildman–Crippen LogP) is 3.60. The monoisotopic (exact) mass is 629 g/mol. The van der Waals surface area contributed by atoms with Crippen LogP contribution in [0.15, 0.2) is 94.6 Å². The lowest BCUT2D eigenvalue weighted by molar-refractivity contribution is -0.146. The number of nitrogens with zero attached hydrogens (tertiary/aromatic N) is 1. The Balaban J connectivity index is 1.39. The summed E-state index contributed by atoms with van der Waals surface area (Å²) in [6.45, 7) is 1.44. The van der Waals surface area contributed by atoms with Crippen molar-refractivity contribution in [3.8, 4) is 5.75 Å². The Bertz CT molecular complexity index is 1900. The number of ether oxygens (including phenoxy) is 2. The van der Waals surface area contributed by atoms with Gasteiger partial charge in [-0.15, -0.1) is 0 Å². The molecule has 14 heteroatoms. The molecule has 232 valence electrons. The topological polar surface area (TPSA) is 158 Å². The molecule has 1 aliphatic heterocycles. The van der Waals surface area contributed by atoms with Crippen LogP contribution in [-0.2, 0) is 30.0 Å². The Morgan fingerprint density at radius 1 is 1.18 bits per heavy atom. The molecule has 4 aromatic rings. The third-order valence-corrected chi connectivity index (χ3v) is 8.62. The van der Waals surface area contributed by atoms with Crippen molar-refractivity contribution in [3.63, 3.8) is 0 Å². The number of carbonyl (C=O) groups excluding carboxylic acids is 1. The molecule has 6 atom stereocenters. The fourth-order valence-electron chi connectivity index (χ4n) is 4.65. The van der Waals surface area contributed by atoms with Crippen molar-refractivity contribution in [2.45, 2.75) is 50.6 Å². The lowest BCUT2D eigenvalue weighted by Crippen LogP contribution is -2.43. The summed E-state index contributed by atoms with van der Waals surface area (Å²) in [5.74, 6) is -0.657. The first kappa shape index (κ1) is 28.6. The minimum Gasteiger partial charge on any atom is -0.460 e. The van der Waals surface area contributed by atoms with Crippen LogP contribution in [0.25, 0.3) is 10.8 Å². The minimum atomic E-state index is -4.54. The number of hydrogen-bond donors (Lipinski definition) is 3. The summed E-state index contributed by atoms with van der Waals surface area (Å²) in [4.78, 5) is 38.9. The summed E-state index contributed by atoms with van der Waals surface area (Å²) < 4.78 is 68.7. The number of alkyl halides is 1. The van der Waals surface area contributed by atoms with E-state index in [2.05, 4.69) is 5.09 Å². The van der Waals surface area contributed by atoms with Crippen LogP contribution in [0.1, 0.15) is 28.4 Å². The number of aromatic amines is 1. The first-order chi connectivity index (χ1) is 21.8. The number of carbonyl (C=O) groups is 1. The van der Waals surface area contributed by atoms with Crippen LogP contribution >= 0.6 is 7.75 Å². The van der Waals surface area contributed by atoms with Gasteiger partial charge < -0.3 is 19.1 Å². The van der Waals surface area contributed by atoms with Gasteiger partial charge in [-0.3, -0.25) is 23.7 Å². The zero-order chi connectivity index (χ0) is 33.2. The molecule has 12 nitrogen and oxygen atoms in total. The second-order valence-electron chi connectivity index (χ2n) is 10.3. The number of aliphatic hydroxyl groups excluding tert-OH is 1. The highest BCUT2D eigenvalue weighted by Gasteiger charge is 2.56. The van der Waals surface area contributed by atoms with Crippen LogP contribution < -0.4 is 20.9 Å². The van der Waals surface area contributed by atoms with E-state index in [9.17, 15) is 24.1 Å². The van der Waals surface area contributed by atoms with Crippen molar-refractivity contribution in [2.75, 3.05) is 6.61 Å². The lowest BCUT2D eigenvalue weighted by Gasteiger charge is -2.25. The van der Waals surface area contributed by atoms with Crippen molar-refractivity contribution in [3.05, 3.63) is 111 Å². The average Bonchev–Trinajstić information content (AvgIpc) is 3.25. The number of H-pyrrole nitrogens is 1. The number of nitrogens with one attached hydrogen (secondary N) is 2. The maximum absolute atomic E-state index is 15.9. The molecule has 1 fully saturated rings. The van der Waals surface area contributed by atoms with Crippen molar-refractivity contribution >= 4 is 24.5 Å². The van der Waals surface area contributed by atoms with Gasteiger partial charge in [0.2, 0.25) is 0 Å². The standard InChI is InChI=1S/C30H31FN3O9P/c1-19(27(37)40-17-20-9-4-3-5-10-20)33-44(39,43-23-14-8-12-21-11-6-7-13-22(21)23)41-18-24-26(36)30(2,31)28(42-24)34-16-15-25(35)32-29(34)38/h3-16,19,24,26,28,36H,17-18H2,1-2H3,(H,33,39)(H,32,35,38)/t19?,24-,26-,28-,30-,44?/m1/s1/i15D,16D. The number of fused-ring (bicyclic) bond motifs is 1. The van der Waals surface area contributed by atoms with E-state index in [-0.39, 0.29) is 12.4 Å². The zero-order valence-corrected chi connectivity index (χ0v) is 24.5. The number of aliphatic hydroxyl groups is 1. The highest BCUT2D eigenvalue weighted by molar-refractivity contribution is 7.52. The van der Waals surface area contributed by atoms with E-state index in [1.54, 1.807) is 60.7 Å². The van der Waals surface area contributed by atoms with Crippen molar-refractivity contribution in [1.29, 1.82) is 0 Å². The Hall–Kier alpha value is -4.13. The molecule has 0 aliphatic carbocycles. The molecule has 3 N–H and O–H groups in total. The fourth-order valence-corrected chi connectivity index (χ4v) is 6.17. The second-order valence-corrected chi connectivity index (χ2v) is 12.0. The van der Waals surface area contributed by atoms with Gasteiger partial charge in [0.25, 0.3) is 5.56 Å². The minimum absolute atomic E-state index is 0.0538. The van der Waals surface area contributed by atoms with E-state index < -0.39 is 73.9 Å². The van der Waals surface area contributed by atoms with E-state index in [0.29, 0.717) is 9.95 Å².